The van der Waals surface area contributed by atoms with Crippen molar-refractivity contribution < 1.29 is 14.3 Å². The van der Waals surface area contributed by atoms with Crippen molar-refractivity contribution in [2.45, 2.75) is 45.6 Å². The number of hydrogen-bond donors (Lipinski definition) is 1. The first-order chi connectivity index (χ1) is 15.9. The van der Waals surface area contributed by atoms with E-state index < -0.39 is 12.0 Å². The monoisotopic (exact) mass is 464 g/mol. The van der Waals surface area contributed by atoms with Crippen molar-refractivity contribution in [2.24, 2.45) is 5.92 Å². The molecule has 1 aliphatic rings. The van der Waals surface area contributed by atoms with Crippen LogP contribution in [0.5, 0.6) is 5.75 Å². The molecule has 0 radical (unpaired) electrons. The van der Waals surface area contributed by atoms with Crippen LogP contribution in [0.1, 0.15) is 54.8 Å². The van der Waals surface area contributed by atoms with Gasteiger partial charge in [0.05, 0.1) is 19.1 Å². The average molecular weight is 465 g/mol. The summed E-state index contributed by atoms with van der Waals surface area (Å²) in [4.78, 5) is 28.4. The highest BCUT2D eigenvalue weighted by atomic mass is 32.1. The Bertz CT molecular complexity index is 1130. The second-order valence-corrected chi connectivity index (χ2v) is 9.56. The second-order valence-electron chi connectivity index (χ2n) is 8.55. The fourth-order valence-corrected chi connectivity index (χ4v) is 4.82. The van der Waals surface area contributed by atoms with Gasteiger partial charge < -0.3 is 15.0 Å². The van der Waals surface area contributed by atoms with E-state index in [0.717, 1.165) is 27.6 Å². The molecule has 2 heterocycles. The molecular weight excluding hydrogens is 436 g/mol. The number of hydrogen-bond acceptors (Lipinski definition) is 6. The number of piperidine rings is 1. The third-order valence-electron chi connectivity index (χ3n) is 5.87. The van der Waals surface area contributed by atoms with Gasteiger partial charge in [0.15, 0.2) is 0 Å². The normalized spacial score (nSPS) is 18.5. The van der Waals surface area contributed by atoms with E-state index in [-0.39, 0.29) is 17.7 Å². The number of rotatable bonds is 6. The largest absolute Gasteiger partial charge is 0.497 e. The van der Waals surface area contributed by atoms with Crippen LogP contribution in [0.3, 0.4) is 0 Å². The molecule has 0 bridgehead atoms. The molecule has 1 N–H and O–H groups in total. The first-order valence-corrected chi connectivity index (χ1v) is 11.9. The minimum atomic E-state index is -0.447. The molecule has 2 unspecified atom stereocenters. The van der Waals surface area contributed by atoms with Gasteiger partial charge in [-0.3, -0.25) is 9.59 Å². The highest BCUT2D eigenvalue weighted by Gasteiger charge is 2.41. The molecule has 0 aliphatic carbocycles. The zero-order valence-corrected chi connectivity index (χ0v) is 20.1. The van der Waals surface area contributed by atoms with Gasteiger partial charge in [0, 0.05) is 18.0 Å². The third-order valence-corrected chi connectivity index (χ3v) is 7.01. The summed E-state index contributed by atoms with van der Waals surface area (Å²) in [6.45, 7) is 6.09. The van der Waals surface area contributed by atoms with Crippen LogP contribution < -0.4 is 15.0 Å². The van der Waals surface area contributed by atoms with Crippen LogP contribution in [0.2, 0.25) is 0 Å². The van der Waals surface area contributed by atoms with E-state index in [1.165, 1.54) is 11.3 Å². The van der Waals surface area contributed by atoms with Gasteiger partial charge in [0.25, 0.3) is 0 Å². The minimum Gasteiger partial charge on any atom is -0.497 e. The SMILES string of the molecule is COc1ccc(C2C(C(=O)Nc3nnc(C(C)C)s3)CCC(=O)N2c2ccc(C)cc2)cc1. The predicted octanol–water partition coefficient (Wildman–Crippen LogP) is 5.10. The molecule has 33 heavy (non-hydrogen) atoms. The van der Waals surface area contributed by atoms with Crippen LogP contribution in [0.4, 0.5) is 10.8 Å². The van der Waals surface area contributed by atoms with E-state index in [0.29, 0.717) is 18.0 Å². The van der Waals surface area contributed by atoms with E-state index in [2.05, 4.69) is 15.5 Å². The average Bonchev–Trinajstić information content (AvgIpc) is 3.28. The molecule has 1 aromatic heterocycles. The zero-order valence-electron chi connectivity index (χ0n) is 19.2. The van der Waals surface area contributed by atoms with Gasteiger partial charge >= 0.3 is 0 Å². The summed E-state index contributed by atoms with van der Waals surface area (Å²) in [5, 5.41) is 12.6. The maximum atomic E-state index is 13.5. The van der Waals surface area contributed by atoms with Crippen molar-refractivity contribution in [3.63, 3.8) is 0 Å². The van der Waals surface area contributed by atoms with Crippen molar-refractivity contribution >= 4 is 34.0 Å². The summed E-state index contributed by atoms with van der Waals surface area (Å²) in [5.74, 6) is 0.362. The van der Waals surface area contributed by atoms with Crippen molar-refractivity contribution in [1.82, 2.24) is 10.2 Å². The zero-order chi connectivity index (χ0) is 23.5. The Morgan fingerprint density at radius 2 is 1.82 bits per heavy atom. The summed E-state index contributed by atoms with van der Waals surface area (Å²) in [6.07, 6.45) is 0.756. The van der Waals surface area contributed by atoms with Gasteiger partial charge in [-0.15, -0.1) is 10.2 Å². The number of methoxy groups -OCH3 is 1. The first kappa shape index (κ1) is 22.9. The lowest BCUT2D eigenvalue weighted by molar-refractivity contribution is -0.125. The van der Waals surface area contributed by atoms with Gasteiger partial charge in [-0.1, -0.05) is 55.0 Å². The molecule has 1 aliphatic heterocycles. The Balaban J connectivity index is 1.70. The summed E-state index contributed by atoms with van der Waals surface area (Å²) >= 11 is 1.38. The third kappa shape index (κ3) is 4.90. The molecule has 2 amide bonds. The number of nitrogens with one attached hydrogen (secondary N) is 1. The molecular formula is C25H28N4O3S. The lowest BCUT2D eigenvalue weighted by Crippen LogP contribution is -2.47. The van der Waals surface area contributed by atoms with Crippen LogP contribution in [-0.2, 0) is 9.59 Å². The molecule has 2 atom stereocenters. The van der Waals surface area contributed by atoms with Crippen molar-refractivity contribution in [3.05, 3.63) is 64.7 Å². The summed E-state index contributed by atoms with van der Waals surface area (Å²) in [7, 11) is 1.61. The molecule has 0 spiro atoms. The second kappa shape index (κ2) is 9.70. The fourth-order valence-electron chi connectivity index (χ4n) is 4.08. The molecule has 1 saturated heterocycles. The summed E-state index contributed by atoms with van der Waals surface area (Å²) in [5.41, 5.74) is 2.77. The van der Waals surface area contributed by atoms with E-state index in [1.54, 1.807) is 12.0 Å². The van der Waals surface area contributed by atoms with Crippen LogP contribution in [0, 0.1) is 12.8 Å². The minimum absolute atomic E-state index is 0.00160. The Kier molecular flexibility index (Phi) is 6.74. The van der Waals surface area contributed by atoms with Crippen LogP contribution >= 0.6 is 11.3 Å². The van der Waals surface area contributed by atoms with Gasteiger partial charge in [0.1, 0.15) is 10.8 Å². The van der Waals surface area contributed by atoms with E-state index in [9.17, 15) is 9.59 Å². The Hall–Kier alpha value is -3.26. The Morgan fingerprint density at radius 3 is 2.42 bits per heavy atom. The molecule has 172 valence electrons. The van der Waals surface area contributed by atoms with Crippen molar-refractivity contribution in [1.29, 1.82) is 0 Å². The number of benzene rings is 2. The van der Waals surface area contributed by atoms with Crippen LogP contribution in [-0.4, -0.2) is 29.1 Å². The molecule has 2 aromatic carbocycles. The number of aryl methyl sites for hydroxylation is 1. The number of nitrogens with zero attached hydrogens (tertiary/aromatic N) is 3. The maximum Gasteiger partial charge on any atom is 0.231 e. The predicted molar refractivity (Wildman–Crippen MR) is 130 cm³/mol. The number of ether oxygens (including phenoxy) is 1. The van der Waals surface area contributed by atoms with Gasteiger partial charge in [-0.2, -0.15) is 0 Å². The number of carbonyl (C=O) groups is 2. The maximum absolute atomic E-state index is 13.5. The molecule has 1 fully saturated rings. The van der Waals surface area contributed by atoms with E-state index >= 15 is 0 Å². The first-order valence-electron chi connectivity index (χ1n) is 11.0. The summed E-state index contributed by atoms with van der Waals surface area (Å²) < 4.78 is 5.30. The Labute approximate surface area is 197 Å². The highest BCUT2D eigenvalue weighted by Crippen LogP contribution is 2.41. The fraction of sp³-hybridized carbons (Fsp3) is 0.360. The topological polar surface area (TPSA) is 84.4 Å². The van der Waals surface area contributed by atoms with Gasteiger partial charge in [0.2, 0.25) is 16.9 Å². The van der Waals surface area contributed by atoms with Crippen molar-refractivity contribution in [2.75, 3.05) is 17.3 Å². The number of carbonyl (C=O) groups excluding carboxylic acids is 2. The Morgan fingerprint density at radius 1 is 1.12 bits per heavy atom. The van der Waals surface area contributed by atoms with E-state index in [4.69, 9.17) is 4.74 Å². The highest BCUT2D eigenvalue weighted by molar-refractivity contribution is 7.15. The van der Waals surface area contributed by atoms with E-state index in [1.807, 2.05) is 69.3 Å². The van der Waals surface area contributed by atoms with Crippen LogP contribution in [0.15, 0.2) is 48.5 Å². The molecule has 3 aromatic rings. The van der Waals surface area contributed by atoms with Gasteiger partial charge in [-0.25, -0.2) is 0 Å². The quantitative estimate of drug-likeness (QED) is 0.549. The standard InChI is InChI=1S/C25H28N4O3S/c1-15(2)24-27-28-25(33-24)26-23(31)20-13-14-21(30)29(18-9-5-16(3)6-10-18)22(20)17-7-11-19(32-4)12-8-17/h5-12,15,20,22H,13-14H2,1-4H3,(H,26,28,31). The molecule has 0 saturated carbocycles. The number of anilines is 2. The smallest absolute Gasteiger partial charge is 0.231 e. The van der Waals surface area contributed by atoms with Gasteiger partial charge in [-0.05, 0) is 43.2 Å². The van der Waals surface area contributed by atoms with Crippen molar-refractivity contribution in [3.8, 4) is 5.75 Å². The number of amides is 2. The lowest BCUT2D eigenvalue weighted by Gasteiger charge is -2.40. The number of aromatic nitrogens is 2. The van der Waals surface area contributed by atoms with Crippen LogP contribution in [0.25, 0.3) is 0 Å². The molecule has 8 heteroatoms. The molecule has 4 rings (SSSR count). The lowest BCUT2D eigenvalue weighted by atomic mass is 9.83. The summed E-state index contributed by atoms with van der Waals surface area (Å²) in [6, 6.07) is 14.9. The molecule has 7 nitrogen and oxygen atoms in total.